The van der Waals surface area contributed by atoms with Crippen LogP contribution in [0.3, 0.4) is 0 Å². The van der Waals surface area contributed by atoms with Gasteiger partial charge in [-0.15, -0.1) is 0 Å². The molecule has 0 radical (unpaired) electrons. The van der Waals surface area contributed by atoms with Crippen molar-refractivity contribution in [2.24, 2.45) is 4.99 Å². The zero-order chi connectivity index (χ0) is 10.7. The van der Waals surface area contributed by atoms with E-state index in [9.17, 15) is 9.18 Å². The number of aliphatic imine (C=N–C) groups is 1. The highest BCUT2D eigenvalue weighted by Crippen LogP contribution is 2.35. The summed E-state index contributed by atoms with van der Waals surface area (Å²) in [6.45, 7) is 0.727. The number of halogens is 1. The summed E-state index contributed by atoms with van der Waals surface area (Å²) in [4.78, 5) is 13.3. The summed E-state index contributed by atoms with van der Waals surface area (Å²) < 4.78 is 23.9. The molecule has 0 N–H and O–H groups in total. The average molecular weight is 209 g/mol. The van der Waals surface area contributed by atoms with E-state index in [2.05, 4.69) is 4.99 Å². The zero-order valence-corrected chi connectivity index (χ0v) is 7.83. The van der Waals surface area contributed by atoms with Crippen LogP contribution in [0.15, 0.2) is 17.1 Å². The molecule has 1 aliphatic heterocycles. The zero-order valence-electron chi connectivity index (χ0n) is 7.83. The summed E-state index contributed by atoms with van der Waals surface area (Å²) >= 11 is 0. The molecule has 1 aromatic rings. The molecule has 0 unspecified atom stereocenters. The molecule has 0 aromatic heterocycles. The highest BCUT2D eigenvalue weighted by atomic mass is 19.1. The van der Waals surface area contributed by atoms with E-state index in [4.69, 9.17) is 9.47 Å². The number of isocyanates is 1. The summed E-state index contributed by atoms with van der Waals surface area (Å²) in [5.41, 5.74) is 0.232. The normalized spacial score (nSPS) is 13.1. The first-order valence-electron chi connectivity index (χ1n) is 4.43. The minimum Gasteiger partial charge on any atom is -0.486 e. The van der Waals surface area contributed by atoms with Crippen molar-refractivity contribution in [1.29, 1.82) is 0 Å². The molecule has 0 aliphatic carbocycles. The number of hydrogen-bond acceptors (Lipinski definition) is 4. The first kappa shape index (κ1) is 9.68. The fourth-order valence-corrected chi connectivity index (χ4v) is 1.41. The highest BCUT2D eigenvalue weighted by molar-refractivity contribution is 5.49. The van der Waals surface area contributed by atoms with Crippen LogP contribution in [0.2, 0.25) is 0 Å². The number of carbonyl (C=O) groups excluding carboxylic acids is 1. The smallest absolute Gasteiger partial charge is 0.235 e. The molecule has 0 bridgehead atoms. The predicted octanol–water partition coefficient (Wildman–Crippen LogP) is 1.43. The monoisotopic (exact) mass is 209 g/mol. The number of hydrogen-bond donors (Lipinski definition) is 0. The molecule has 0 atom stereocenters. The van der Waals surface area contributed by atoms with Gasteiger partial charge in [0.25, 0.3) is 0 Å². The van der Waals surface area contributed by atoms with Crippen LogP contribution in [0.4, 0.5) is 4.39 Å². The van der Waals surface area contributed by atoms with Gasteiger partial charge in [-0.3, -0.25) is 0 Å². The number of rotatable bonds is 2. The average Bonchev–Trinajstić information content (AvgIpc) is 2.28. The Morgan fingerprint density at radius 3 is 3.00 bits per heavy atom. The van der Waals surface area contributed by atoms with Crippen molar-refractivity contribution < 1.29 is 18.7 Å². The number of nitrogens with zero attached hydrogens (tertiary/aromatic N) is 1. The number of ether oxygens (including phenoxy) is 2. The SMILES string of the molecule is O=C=NCc1c(F)ccc2c1OCCO2. The van der Waals surface area contributed by atoms with Crippen LogP contribution >= 0.6 is 0 Å². The third-order valence-electron chi connectivity index (χ3n) is 2.06. The lowest BCUT2D eigenvalue weighted by Crippen LogP contribution is -2.17. The van der Waals surface area contributed by atoms with Gasteiger partial charge >= 0.3 is 0 Å². The molecule has 4 nitrogen and oxygen atoms in total. The second-order valence-corrected chi connectivity index (χ2v) is 2.96. The Hall–Kier alpha value is -1.87. The Morgan fingerprint density at radius 2 is 2.20 bits per heavy atom. The lowest BCUT2D eigenvalue weighted by molar-refractivity contribution is 0.169. The Morgan fingerprint density at radius 1 is 1.40 bits per heavy atom. The minimum atomic E-state index is -0.460. The van der Waals surface area contributed by atoms with Gasteiger partial charge in [-0.2, -0.15) is 0 Å². The van der Waals surface area contributed by atoms with Gasteiger partial charge in [-0.1, -0.05) is 0 Å². The lowest BCUT2D eigenvalue weighted by atomic mass is 10.1. The molecule has 0 amide bonds. The topological polar surface area (TPSA) is 47.9 Å². The van der Waals surface area contributed by atoms with Gasteiger partial charge in [0.05, 0.1) is 12.1 Å². The van der Waals surface area contributed by atoms with E-state index >= 15 is 0 Å². The Bertz CT molecular complexity index is 427. The van der Waals surface area contributed by atoms with E-state index in [0.717, 1.165) is 0 Å². The Kier molecular flexibility index (Phi) is 2.65. The molecular formula is C10H8FNO3. The number of benzene rings is 1. The van der Waals surface area contributed by atoms with Crippen LogP contribution in [0.25, 0.3) is 0 Å². The van der Waals surface area contributed by atoms with E-state index in [1.54, 1.807) is 0 Å². The highest BCUT2D eigenvalue weighted by Gasteiger charge is 2.18. The Labute approximate surface area is 85.3 Å². The molecule has 0 fully saturated rings. The fraction of sp³-hybridized carbons (Fsp3) is 0.300. The van der Waals surface area contributed by atoms with Crippen LogP contribution in [-0.2, 0) is 11.3 Å². The summed E-state index contributed by atoms with van der Waals surface area (Å²) in [6, 6.07) is 2.77. The lowest BCUT2D eigenvalue weighted by Gasteiger charge is -2.20. The second kappa shape index (κ2) is 4.11. The van der Waals surface area contributed by atoms with Crippen molar-refractivity contribution in [3.63, 3.8) is 0 Å². The number of fused-ring (bicyclic) bond motifs is 1. The van der Waals surface area contributed by atoms with E-state index in [-0.39, 0.29) is 12.1 Å². The molecule has 0 saturated carbocycles. The van der Waals surface area contributed by atoms with Crippen molar-refractivity contribution in [2.75, 3.05) is 13.2 Å². The maximum atomic E-state index is 13.4. The van der Waals surface area contributed by atoms with Gasteiger partial charge in [-0.25, -0.2) is 14.2 Å². The molecular weight excluding hydrogens is 201 g/mol. The molecule has 1 aliphatic rings. The van der Waals surface area contributed by atoms with Gasteiger partial charge in [0.2, 0.25) is 6.08 Å². The second-order valence-electron chi connectivity index (χ2n) is 2.96. The van der Waals surface area contributed by atoms with Gasteiger partial charge in [-0.05, 0) is 12.1 Å². The maximum Gasteiger partial charge on any atom is 0.235 e. The van der Waals surface area contributed by atoms with Crippen LogP contribution in [0, 0.1) is 5.82 Å². The Balaban J connectivity index is 2.44. The van der Waals surface area contributed by atoms with E-state index in [1.165, 1.54) is 18.2 Å². The van der Waals surface area contributed by atoms with Crippen molar-refractivity contribution in [3.8, 4) is 11.5 Å². The molecule has 2 rings (SSSR count). The van der Waals surface area contributed by atoms with Crippen LogP contribution in [-0.4, -0.2) is 19.3 Å². The standard InChI is InChI=1S/C10H8FNO3/c11-8-1-2-9-10(15-4-3-14-9)7(8)5-12-6-13/h1-2H,3-5H2. The first-order chi connectivity index (χ1) is 7.33. The third kappa shape index (κ3) is 1.82. The minimum absolute atomic E-state index is 0.0815. The van der Waals surface area contributed by atoms with E-state index < -0.39 is 5.82 Å². The summed E-state index contributed by atoms with van der Waals surface area (Å²) in [7, 11) is 0. The van der Waals surface area contributed by atoms with Crippen LogP contribution < -0.4 is 9.47 Å². The quantitative estimate of drug-likeness (QED) is 0.546. The van der Waals surface area contributed by atoms with Gasteiger partial charge in [0, 0.05) is 0 Å². The van der Waals surface area contributed by atoms with Crippen molar-refractivity contribution >= 4 is 6.08 Å². The van der Waals surface area contributed by atoms with Gasteiger partial charge in [0.15, 0.2) is 11.5 Å². The molecule has 78 valence electrons. The fourth-order valence-electron chi connectivity index (χ4n) is 1.41. The van der Waals surface area contributed by atoms with Gasteiger partial charge < -0.3 is 9.47 Å². The predicted molar refractivity (Wildman–Crippen MR) is 49.2 cm³/mol. The van der Waals surface area contributed by atoms with Crippen LogP contribution in [0.5, 0.6) is 11.5 Å². The van der Waals surface area contributed by atoms with E-state index in [1.807, 2.05) is 0 Å². The summed E-state index contributed by atoms with van der Waals surface area (Å²) in [6.07, 6.45) is 1.36. The van der Waals surface area contributed by atoms with Crippen molar-refractivity contribution in [3.05, 3.63) is 23.5 Å². The summed E-state index contributed by atoms with van der Waals surface area (Å²) in [5, 5.41) is 0. The van der Waals surface area contributed by atoms with Gasteiger partial charge in [0.1, 0.15) is 19.0 Å². The van der Waals surface area contributed by atoms with Crippen molar-refractivity contribution in [2.45, 2.75) is 6.54 Å². The third-order valence-corrected chi connectivity index (χ3v) is 2.06. The molecule has 0 saturated heterocycles. The molecule has 5 heteroatoms. The van der Waals surface area contributed by atoms with Crippen molar-refractivity contribution in [1.82, 2.24) is 0 Å². The molecule has 1 aromatic carbocycles. The molecule has 15 heavy (non-hydrogen) atoms. The maximum absolute atomic E-state index is 13.4. The summed E-state index contributed by atoms with van der Waals surface area (Å²) in [5.74, 6) is 0.359. The first-order valence-corrected chi connectivity index (χ1v) is 4.43. The van der Waals surface area contributed by atoms with Crippen LogP contribution in [0.1, 0.15) is 5.56 Å². The largest absolute Gasteiger partial charge is 0.486 e. The molecule has 1 heterocycles. The van der Waals surface area contributed by atoms with E-state index in [0.29, 0.717) is 24.7 Å². The molecule has 0 spiro atoms.